The van der Waals surface area contributed by atoms with Crippen molar-refractivity contribution in [2.45, 2.75) is 25.7 Å². The summed E-state index contributed by atoms with van der Waals surface area (Å²) in [7, 11) is 0. The van der Waals surface area contributed by atoms with E-state index < -0.39 is 5.97 Å². The van der Waals surface area contributed by atoms with E-state index in [1.54, 1.807) is 0 Å². The van der Waals surface area contributed by atoms with E-state index in [0.717, 1.165) is 0 Å². The van der Waals surface area contributed by atoms with Crippen LogP contribution >= 0.6 is 0 Å². The number of carbonyl (C=O) groups is 1. The highest BCUT2D eigenvalue weighted by Crippen LogP contribution is 2.31. The van der Waals surface area contributed by atoms with Crippen molar-refractivity contribution in [3.8, 4) is 0 Å². The number of hydrogen-bond donors (Lipinski definition) is 1. The number of hydrogen-bond acceptors (Lipinski definition) is 1. The summed E-state index contributed by atoms with van der Waals surface area (Å²) < 4.78 is 0. The molecule has 2 nitrogen and oxygen atoms in total. The highest BCUT2D eigenvalue weighted by atomic mass is 16.4. The molecule has 2 heteroatoms. The Labute approximate surface area is 60.6 Å². The van der Waals surface area contributed by atoms with E-state index in [1.807, 2.05) is 0 Å². The summed E-state index contributed by atoms with van der Waals surface area (Å²) in [5.41, 5.74) is 0.365. The summed E-state index contributed by atoms with van der Waals surface area (Å²) in [6, 6.07) is 0. The number of carboxylic acids is 1. The third-order valence-electron chi connectivity index (χ3n) is 2.06. The van der Waals surface area contributed by atoms with Gasteiger partial charge in [0, 0.05) is 5.57 Å². The maximum absolute atomic E-state index is 10.3. The smallest absolute Gasteiger partial charge is 0.330 e. The van der Waals surface area contributed by atoms with Gasteiger partial charge in [-0.15, -0.1) is 0 Å². The summed E-state index contributed by atoms with van der Waals surface area (Å²) in [6.45, 7) is 3.48. The van der Waals surface area contributed by atoms with Gasteiger partial charge in [-0.05, 0) is 12.3 Å². The molecule has 10 heavy (non-hydrogen) atoms. The molecule has 0 aromatic carbocycles. The van der Waals surface area contributed by atoms with E-state index in [-0.39, 0.29) is 0 Å². The summed E-state index contributed by atoms with van der Waals surface area (Å²) >= 11 is 0. The highest BCUT2D eigenvalue weighted by molar-refractivity contribution is 5.85. The Morgan fingerprint density at radius 3 is 2.50 bits per heavy atom. The van der Waals surface area contributed by atoms with Crippen LogP contribution in [0.5, 0.6) is 0 Å². The van der Waals surface area contributed by atoms with Crippen LogP contribution in [-0.2, 0) is 4.79 Å². The second kappa shape index (κ2) is 2.86. The Balaban J connectivity index is 2.23. The fraction of sp³-hybridized carbons (Fsp3) is 0.625. The van der Waals surface area contributed by atoms with Crippen molar-refractivity contribution in [2.24, 2.45) is 5.92 Å². The van der Waals surface area contributed by atoms with Gasteiger partial charge >= 0.3 is 5.97 Å². The van der Waals surface area contributed by atoms with Crippen LogP contribution in [-0.4, -0.2) is 11.1 Å². The van der Waals surface area contributed by atoms with Crippen LogP contribution in [0.2, 0.25) is 0 Å². The van der Waals surface area contributed by atoms with Crippen LogP contribution in [0.25, 0.3) is 0 Å². The van der Waals surface area contributed by atoms with Crippen LogP contribution in [0.3, 0.4) is 0 Å². The van der Waals surface area contributed by atoms with Crippen molar-refractivity contribution in [3.05, 3.63) is 12.2 Å². The van der Waals surface area contributed by atoms with Crippen LogP contribution in [0, 0.1) is 5.92 Å². The average molecular weight is 140 g/mol. The van der Waals surface area contributed by atoms with Crippen molar-refractivity contribution in [2.75, 3.05) is 0 Å². The Morgan fingerprint density at radius 1 is 1.60 bits per heavy atom. The van der Waals surface area contributed by atoms with E-state index in [2.05, 4.69) is 6.58 Å². The van der Waals surface area contributed by atoms with Gasteiger partial charge in [0.1, 0.15) is 0 Å². The van der Waals surface area contributed by atoms with Gasteiger partial charge in [-0.3, -0.25) is 0 Å². The first-order chi connectivity index (χ1) is 4.70. The second-order valence-electron chi connectivity index (χ2n) is 2.91. The summed E-state index contributed by atoms with van der Waals surface area (Å²) in [6.07, 6.45) is 4.32. The molecule has 0 aliphatic heterocycles. The molecule has 1 N–H and O–H groups in total. The topological polar surface area (TPSA) is 37.3 Å². The van der Waals surface area contributed by atoms with Gasteiger partial charge in [0.25, 0.3) is 0 Å². The fourth-order valence-corrected chi connectivity index (χ4v) is 1.13. The second-order valence-corrected chi connectivity index (χ2v) is 2.91. The van der Waals surface area contributed by atoms with Crippen LogP contribution < -0.4 is 0 Å². The van der Waals surface area contributed by atoms with Crippen molar-refractivity contribution in [1.82, 2.24) is 0 Å². The summed E-state index contributed by atoms with van der Waals surface area (Å²) in [4.78, 5) is 10.3. The van der Waals surface area contributed by atoms with Crippen molar-refractivity contribution in [3.63, 3.8) is 0 Å². The first-order valence-corrected chi connectivity index (χ1v) is 3.61. The molecule has 0 spiro atoms. The minimum Gasteiger partial charge on any atom is -0.478 e. The lowest BCUT2D eigenvalue weighted by atomic mass is 9.81. The minimum atomic E-state index is -0.841. The maximum Gasteiger partial charge on any atom is 0.330 e. The number of rotatable bonds is 3. The Morgan fingerprint density at radius 2 is 2.20 bits per heavy atom. The van der Waals surface area contributed by atoms with Crippen LogP contribution in [0.1, 0.15) is 25.7 Å². The van der Waals surface area contributed by atoms with Gasteiger partial charge in [0.2, 0.25) is 0 Å². The van der Waals surface area contributed by atoms with E-state index in [1.165, 1.54) is 19.3 Å². The zero-order chi connectivity index (χ0) is 7.56. The fourth-order valence-electron chi connectivity index (χ4n) is 1.13. The quantitative estimate of drug-likeness (QED) is 0.607. The number of carboxylic acid groups (broad SMARTS) is 1. The molecule has 0 aromatic rings. The minimum absolute atomic E-state index is 0.365. The van der Waals surface area contributed by atoms with E-state index >= 15 is 0 Å². The average Bonchev–Trinajstić information content (AvgIpc) is 1.77. The third kappa shape index (κ3) is 1.59. The summed E-state index contributed by atoms with van der Waals surface area (Å²) in [5.74, 6) is -0.226. The maximum atomic E-state index is 10.3. The lowest BCUT2D eigenvalue weighted by molar-refractivity contribution is -0.132. The van der Waals surface area contributed by atoms with Gasteiger partial charge in [0.15, 0.2) is 0 Å². The molecule has 0 amide bonds. The van der Waals surface area contributed by atoms with Gasteiger partial charge in [0.05, 0.1) is 0 Å². The largest absolute Gasteiger partial charge is 0.478 e. The van der Waals surface area contributed by atoms with E-state index in [9.17, 15) is 4.79 Å². The lowest BCUT2D eigenvalue weighted by Gasteiger charge is -2.24. The Hall–Kier alpha value is -0.790. The first-order valence-electron chi connectivity index (χ1n) is 3.61. The predicted molar refractivity (Wildman–Crippen MR) is 38.7 cm³/mol. The molecule has 1 aliphatic rings. The predicted octanol–water partition coefficient (Wildman–Crippen LogP) is 1.82. The molecule has 0 radical (unpaired) electrons. The molecule has 0 heterocycles. The zero-order valence-corrected chi connectivity index (χ0v) is 5.97. The highest BCUT2D eigenvalue weighted by Gasteiger charge is 2.19. The van der Waals surface area contributed by atoms with Crippen molar-refractivity contribution >= 4 is 5.97 Å². The van der Waals surface area contributed by atoms with Gasteiger partial charge in [-0.1, -0.05) is 25.8 Å². The molecule has 1 saturated carbocycles. The molecule has 0 bridgehead atoms. The Bertz CT molecular complexity index is 157. The molecule has 0 atom stereocenters. The first kappa shape index (κ1) is 7.32. The van der Waals surface area contributed by atoms with Crippen molar-refractivity contribution < 1.29 is 9.90 Å². The molecule has 0 aromatic heterocycles. The molecule has 56 valence electrons. The van der Waals surface area contributed by atoms with Gasteiger partial charge in [-0.25, -0.2) is 4.79 Å². The van der Waals surface area contributed by atoms with Gasteiger partial charge in [-0.2, -0.15) is 0 Å². The normalized spacial score (nSPS) is 18.0. The van der Waals surface area contributed by atoms with Crippen LogP contribution in [0.15, 0.2) is 12.2 Å². The molecule has 1 aliphatic carbocycles. The van der Waals surface area contributed by atoms with E-state index in [4.69, 9.17) is 5.11 Å². The molecule has 0 unspecified atom stereocenters. The van der Waals surface area contributed by atoms with Crippen molar-refractivity contribution in [1.29, 1.82) is 0 Å². The Kier molecular flexibility index (Phi) is 2.10. The SMILES string of the molecule is C=C(CC1CCC1)C(=O)O. The van der Waals surface area contributed by atoms with E-state index in [0.29, 0.717) is 17.9 Å². The molecule has 1 rings (SSSR count). The molecule has 0 saturated heterocycles. The third-order valence-corrected chi connectivity index (χ3v) is 2.06. The number of aliphatic carboxylic acids is 1. The zero-order valence-electron chi connectivity index (χ0n) is 5.97. The molecular formula is C8H12O2. The lowest BCUT2D eigenvalue weighted by Crippen LogP contribution is -2.14. The monoisotopic (exact) mass is 140 g/mol. The van der Waals surface area contributed by atoms with Gasteiger partial charge < -0.3 is 5.11 Å². The molecule has 1 fully saturated rings. The summed E-state index contributed by atoms with van der Waals surface area (Å²) in [5, 5.41) is 8.45. The molecular weight excluding hydrogens is 128 g/mol. The standard InChI is InChI=1S/C8H12O2/c1-6(8(9)10)5-7-3-2-4-7/h7H,1-5H2,(H,9,10). The van der Waals surface area contributed by atoms with Crippen LogP contribution in [0.4, 0.5) is 0 Å².